The van der Waals surface area contributed by atoms with Crippen molar-refractivity contribution in [2.75, 3.05) is 19.7 Å². The number of rotatable bonds is 12. The Morgan fingerprint density at radius 1 is 1.00 bits per heavy atom. The van der Waals surface area contributed by atoms with Crippen molar-refractivity contribution in [3.8, 4) is 11.4 Å². The van der Waals surface area contributed by atoms with Crippen molar-refractivity contribution in [3.63, 3.8) is 0 Å². The molecule has 0 saturated heterocycles. The lowest BCUT2D eigenvalue weighted by molar-refractivity contribution is -0.136. The van der Waals surface area contributed by atoms with Crippen LogP contribution in [0, 0.1) is 13.8 Å². The minimum absolute atomic E-state index is 0.0214. The zero-order chi connectivity index (χ0) is 28.7. The van der Waals surface area contributed by atoms with E-state index in [0.717, 1.165) is 11.8 Å². The number of hydrogen-bond acceptors (Lipinski definition) is 6. The van der Waals surface area contributed by atoms with Crippen LogP contribution < -0.4 is 4.74 Å². The van der Waals surface area contributed by atoms with Gasteiger partial charge in [-0.3, -0.25) is 4.79 Å². The fraction of sp³-hybridized carbons (Fsp3) is 0.286. The normalized spacial score (nSPS) is 11.9. The molecule has 1 heterocycles. The van der Waals surface area contributed by atoms with Gasteiger partial charge in [-0.05, 0) is 68.0 Å². The van der Waals surface area contributed by atoms with E-state index in [1.165, 1.54) is 34.6 Å². The van der Waals surface area contributed by atoms with Crippen LogP contribution in [0.3, 0.4) is 0 Å². The molecular weight excluding hydrogens is 530 g/mol. The number of benzene rings is 2. The molecule has 2 aromatic carbocycles. The maximum absolute atomic E-state index is 12.8. The summed E-state index contributed by atoms with van der Waals surface area (Å²) in [5.41, 5.74) is 2.94. The summed E-state index contributed by atoms with van der Waals surface area (Å²) >= 11 is 0. The lowest BCUT2D eigenvalue weighted by Gasteiger charge is -2.18. The van der Waals surface area contributed by atoms with Crippen LogP contribution in [0.15, 0.2) is 65.6 Å². The first-order chi connectivity index (χ1) is 18.5. The van der Waals surface area contributed by atoms with Gasteiger partial charge in [0.2, 0.25) is 15.8 Å². The largest absolute Gasteiger partial charge is 0.454 e. The average molecular weight is 561 g/mol. The highest BCUT2D eigenvalue weighted by Gasteiger charge is 2.21. The molecule has 208 valence electrons. The van der Waals surface area contributed by atoms with E-state index in [4.69, 9.17) is 4.74 Å². The molecule has 3 rings (SSSR count). The summed E-state index contributed by atoms with van der Waals surface area (Å²) in [6.07, 6.45) is 2.63. The highest BCUT2D eigenvalue weighted by Crippen LogP contribution is 2.24. The van der Waals surface area contributed by atoms with Gasteiger partial charge in [0.15, 0.2) is 6.61 Å². The van der Waals surface area contributed by atoms with E-state index in [1.54, 1.807) is 62.6 Å². The first-order valence-electron chi connectivity index (χ1n) is 12.2. The molecule has 39 heavy (non-hydrogen) atoms. The molecule has 0 bridgehead atoms. The third-order valence-corrected chi connectivity index (χ3v) is 8.10. The number of sulfonamides is 1. The fourth-order valence-electron chi connectivity index (χ4n) is 4.11. The Balaban J connectivity index is 1.62. The summed E-state index contributed by atoms with van der Waals surface area (Å²) in [5.74, 6) is -1.11. The summed E-state index contributed by atoms with van der Waals surface area (Å²) in [6, 6.07) is 13.8. The minimum Gasteiger partial charge on any atom is -0.454 e. The summed E-state index contributed by atoms with van der Waals surface area (Å²) in [7, 11) is -3.58. The van der Waals surface area contributed by atoms with E-state index in [1.807, 2.05) is 0 Å². The molecule has 0 atom stereocenters. The molecule has 11 heteroatoms. The number of esters is 1. The van der Waals surface area contributed by atoms with Crippen molar-refractivity contribution < 1.29 is 36.3 Å². The van der Waals surface area contributed by atoms with E-state index in [9.17, 15) is 26.8 Å². The van der Waals surface area contributed by atoms with Gasteiger partial charge in [0.25, 0.3) is 0 Å². The molecule has 0 amide bonds. The van der Waals surface area contributed by atoms with Gasteiger partial charge in [-0.25, -0.2) is 13.2 Å². The van der Waals surface area contributed by atoms with Crippen LogP contribution in [-0.4, -0.2) is 55.4 Å². The van der Waals surface area contributed by atoms with Gasteiger partial charge in [0.05, 0.1) is 4.90 Å². The van der Waals surface area contributed by atoms with Crippen molar-refractivity contribution in [1.29, 1.82) is 0 Å². The molecule has 0 radical (unpaired) electrons. The molecular formula is C28H30F2N2O6S. The zero-order valence-electron chi connectivity index (χ0n) is 22.1. The quantitative estimate of drug-likeness (QED) is 0.172. The van der Waals surface area contributed by atoms with E-state index in [2.05, 4.69) is 4.74 Å². The number of halogens is 2. The molecule has 0 unspecified atom stereocenters. The molecule has 0 saturated carbocycles. The molecule has 8 nitrogen and oxygen atoms in total. The first-order valence-corrected chi connectivity index (χ1v) is 13.6. The molecule has 1 aromatic heterocycles. The standard InChI is InChI=1S/C28H30F2N2O6S/c1-5-31(6-2)39(35,36)24-14-7-21(8-15-24)9-16-27(34)37-18-26(33)25-17-19(3)32(20(25)4)22-10-12-23(13-11-22)38-28(29)30/h7-17,28H,5-6,18H2,1-4H3/b16-9+. The lowest BCUT2D eigenvalue weighted by Crippen LogP contribution is -2.30. The van der Waals surface area contributed by atoms with Gasteiger partial charge in [-0.15, -0.1) is 0 Å². The highest BCUT2D eigenvalue weighted by atomic mass is 32.2. The van der Waals surface area contributed by atoms with Crippen molar-refractivity contribution in [3.05, 3.63) is 83.2 Å². The minimum atomic E-state index is -3.58. The third kappa shape index (κ3) is 7.18. The van der Waals surface area contributed by atoms with Crippen LogP contribution >= 0.6 is 0 Å². The summed E-state index contributed by atoms with van der Waals surface area (Å²) in [5, 5.41) is 0. The average Bonchev–Trinajstić information content (AvgIpc) is 3.20. The number of Topliss-reactive ketones (excluding diaryl/α,β-unsaturated/α-hetero) is 1. The Kier molecular flexibility index (Phi) is 9.76. The van der Waals surface area contributed by atoms with E-state index in [0.29, 0.717) is 35.6 Å². The topological polar surface area (TPSA) is 94.9 Å². The van der Waals surface area contributed by atoms with Crippen molar-refractivity contribution in [1.82, 2.24) is 8.87 Å². The molecule has 0 fully saturated rings. The second-order valence-electron chi connectivity index (χ2n) is 8.52. The first kappa shape index (κ1) is 29.7. The van der Waals surface area contributed by atoms with Crippen molar-refractivity contribution >= 4 is 27.9 Å². The molecule has 0 spiro atoms. The SMILES string of the molecule is CCN(CC)S(=O)(=O)c1ccc(/C=C/C(=O)OCC(=O)c2cc(C)n(-c3ccc(OC(F)F)cc3)c2C)cc1. The lowest BCUT2D eigenvalue weighted by atomic mass is 10.1. The Morgan fingerprint density at radius 2 is 1.62 bits per heavy atom. The van der Waals surface area contributed by atoms with E-state index >= 15 is 0 Å². The second kappa shape index (κ2) is 12.8. The number of carbonyl (C=O) groups is 2. The molecule has 0 aliphatic carbocycles. The number of carbonyl (C=O) groups excluding carboxylic acids is 2. The monoisotopic (exact) mass is 560 g/mol. The van der Waals surface area contributed by atoms with Gasteiger partial charge in [-0.2, -0.15) is 13.1 Å². The van der Waals surface area contributed by atoms with Crippen LogP contribution in [0.5, 0.6) is 5.75 Å². The second-order valence-corrected chi connectivity index (χ2v) is 10.5. The van der Waals surface area contributed by atoms with Crippen molar-refractivity contribution in [2.24, 2.45) is 0 Å². The van der Waals surface area contributed by atoms with Gasteiger partial charge in [0.1, 0.15) is 5.75 Å². The zero-order valence-corrected chi connectivity index (χ0v) is 22.9. The smallest absolute Gasteiger partial charge is 0.387 e. The van der Waals surface area contributed by atoms with Crippen LogP contribution in [-0.2, 0) is 19.6 Å². The Bertz CT molecular complexity index is 1440. The number of ether oxygens (including phenoxy) is 2. The predicted octanol–water partition coefficient (Wildman–Crippen LogP) is 5.17. The Morgan fingerprint density at radius 3 is 2.18 bits per heavy atom. The molecule has 0 aliphatic heterocycles. The fourth-order valence-corrected chi connectivity index (χ4v) is 5.57. The van der Waals surface area contributed by atoms with Gasteiger partial charge in [0, 0.05) is 41.8 Å². The Hall–Kier alpha value is -3.83. The number of nitrogens with zero attached hydrogens (tertiary/aromatic N) is 2. The third-order valence-electron chi connectivity index (χ3n) is 6.03. The number of alkyl halides is 2. The van der Waals surface area contributed by atoms with Crippen LogP contribution in [0.2, 0.25) is 0 Å². The van der Waals surface area contributed by atoms with Gasteiger partial charge >= 0.3 is 12.6 Å². The Labute approximate surface area is 226 Å². The highest BCUT2D eigenvalue weighted by molar-refractivity contribution is 7.89. The van der Waals surface area contributed by atoms with Gasteiger partial charge in [-0.1, -0.05) is 26.0 Å². The molecule has 0 N–H and O–H groups in total. The predicted molar refractivity (Wildman–Crippen MR) is 143 cm³/mol. The van der Waals surface area contributed by atoms with Crippen LogP contribution in [0.25, 0.3) is 11.8 Å². The van der Waals surface area contributed by atoms with Crippen LogP contribution in [0.4, 0.5) is 8.78 Å². The maximum atomic E-state index is 12.8. The maximum Gasteiger partial charge on any atom is 0.387 e. The summed E-state index contributed by atoms with van der Waals surface area (Å²) in [4.78, 5) is 25.1. The molecule has 3 aromatic rings. The number of aryl methyl sites for hydroxylation is 1. The van der Waals surface area contributed by atoms with Gasteiger partial charge < -0.3 is 14.0 Å². The van der Waals surface area contributed by atoms with E-state index in [-0.39, 0.29) is 10.6 Å². The number of aromatic nitrogens is 1. The summed E-state index contributed by atoms with van der Waals surface area (Å²) in [6.45, 7) is 4.38. The van der Waals surface area contributed by atoms with E-state index < -0.39 is 35.0 Å². The molecule has 0 aliphatic rings. The van der Waals surface area contributed by atoms with Crippen LogP contribution in [0.1, 0.15) is 41.2 Å². The number of hydrogen-bond donors (Lipinski definition) is 0. The van der Waals surface area contributed by atoms with Crippen molar-refractivity contribution in [2.45, 2.75) is 39.2 Å². The summed E-state index contributed by atoms with van der Waals surface area (Å²) < 4.78 is 62.6. The number of ketones is 1.